The number of cyclic esters (lactones) is 1. The number of non-ortho nitro benzene ring substituents is 1. The third kappa shape index (κ3) is 8.70. The number of hydrogen-bond donors (Lipinski definition) is 2. The van der Waals surface area contributed by atoms with E-state index in [1.54, 1.807) is 47.1 Å². The molecule has 2 N–H and O–H groups in total. The number of esters is 1. The molecule has 388 valence electrons. The maximum atomic E-state index is 16.7. The molecule has 0 bridgehead atoms. The molecule has 1 aromatic heterocycles. The first-order chi connectivity index (χ1) is 38.1. The first kappa shape index (κ1) is 49.2. The summed E-state index contributed by atoms with van der Waals surface area (Å²) >= 11 is 0. The Morgan fingerprint density at radius 3 is 2.21 bits per heavy atom. The van der Waals surface area contributed by atoms with E-state index in [4.69, 9.17) is 14.2 Å². The zero-order valence-electron chi connectivity index (χ0n) is 41.6. The van der Waals surface area contributed by atoms with Crippen LogP contribution in [0.5, 0.6) is 5.75 Å². The Morgan fingerprint density at radius 2 is 1.49 bits per heavy atom. The Morgan fingerprint density at radius 1 is 0.795 bits per heavy atom. The van der Waals surface area contributed by atoms with Crippen LogP contribution in [0.25, 0.3) is 11.0 Å². The molecule has 3 saturated heterocycles. The van der Waals surface area contributed by atoms with Gasteiger partial charge in [-0.2, -0.15) is 0 Å². The van der Waals surface area contributed by atoms with Crippen LogP contribution in [-0.4, -0.2) is 86.1 Å². The third-order valence-electron chi connectivity index (χ3n) is 15.0. The van der Waals surface area contributed by atoms with Gasteiger partial charge in [0, 0.05) is 42.2 Å². The highest BCUT2D eigenvalue weighted by molar-refractivity contribution is 6.24. The molecule has 7 aromatic carbocycles. The number of amides is 3. The zero-order valence-corrected chi connectivity index (χ0v) is 41.6. The summed E-state index contributed by atoms with van der Waals surface area (Å²) in [5, 5.41) is 34.0. The van der Waals surface area contributed by atoms with Crippen LogP contribution in [0.1, 0.15) is 51.6 Å². The lowest BCUT2D eigenvalue weighted by Crippen LogP contribution is -2.54. The van der Waals surface area contributed by atoms with Crippen molar-refractivity contribution in [3.8, 4) is 17.6 Å². The molecule has 1 spiro atoms. The van der Waals surface area contributed by atoms with Crippen LogP contribution in [0, 0.1) is 27.9 Å². The summed E-state index contributed by atoms with van der Waals surface area (Å²) in [6.45, 7) is 2.24. The van der Waals surface area contributed by atoms with Gasteiger partial charge >= 0.3 is 12.1 Å². The van der Waals surface area contributed by atoms with Crippen LogP contribution in [0.3, 0.4) is 0 Å². The maximum Gasteiger partial charge on any atom is 0.421 e. The normalized spacial score (nSPS) is 21.6. The van der Waals surface area contributed by atoms with E-state index in [2.05, 4.69) is 32.4 Å². The van der Waals surface area contributed by atoms with Crippen LogP contribution in [0.2, 0.25) is 0 Å². The number of nitro benzene ring substituents is 1. The van der Waals surface area contributed by atoms with Gasteiger partial charge in [-0.3, -0.25) is 29.4 Å². The molecule has 12 rings (SSSR count). The predicted octanol–water partition coefficient (Wildman–Crippen LogP) is 8.57. The van der Waals surface area contributed by atoms with E-state index in [1.165, 1.54) is 36.4 Å². The number of rotatable bonds is 10. The molecule has 0 unspecified atom stereocenters. The lowest BCUT2D eigenvalue weighted by molar-refractivity contribution is -0.384. The van der Waals surface area contributed by atoms with Gasteiger partial charge in [-0.25, -0.2) is 14.4 Å². The number of fused-ring (bicyclic) bond motifs is 4. The number of carbonyl (C=O) groups excluding carboxylic acids is 4. The van der Waals surface area contributed by atoms with Crippen molar-refractivity contribution in [1.29, 1.82) is 0 Å². The van der Waals surface area contributed by atoms with Gasteiger partial charge in [-0.1, -0.05) is 102 Å². The second-order valence-corrected chi connectivity index (χ2v) is 19.4. The molecule has 78 heavy (non-hydrogen) atoms. The molecule has 3 amide bonds. The van der Waals surface area contributed by atoms with Crippen molar-refractivity contribution in [3.63, 3.8) is 0 Å². The monoisotopic (exact) mass is 1040 g/mol. The molecule has 5 heterocycles. The number of benzene rings is 7. The molecule has 4 aliphatic rings. The number of phenolic OH excluding ortho intramolecular Hbond substituents is 1. The van der Waals surface area contributed by atoms with E-state index >= 15 is 19.2 Å². The Hall–Kier alpha value is -9.70. The number of hydrogen-bond acceptors (Lipinski definition) is 14. The van der Waals surface area contributed by atoms with E-state index in [1.807, 2.05) is 102 Å². The lowest BCUT2D eigenvalue weighted by atomic mass is 9.65. The maximum absolute atomic E-state index is 16.7. The fourth-order valence-electron chi connectivity index (χ4n) is 11.6. The van der Waals surface area contributed by atoms with Gasteiger partial charge in [0.05, 0.1) is 47.3 Å². The minimum atomic E-state index is -2.17. The number of nitrogens with one attached hydrogen (secondary N) is 1. The molecule has 0 aliphatic carbocycles. The van der Waals surface area contributed by atoms with E-state index in [-0.39, 0.29) is 35.8 Å². The summed E-state index contributed by atoms with van der Waals surface area (Å²) < 4.78 is 19.8. The minimum absolute atomic E-state index is 0.0713. The Labute approximate surface area is 446 Å². The number of ether oxygens (including phenoxy) is 3. The van der Waals surface area contributed by atoms with Crippen LogP contribution < -0.4 is 15.1 Å². The molecular formula is C60H48N8O10. The van der Waals surface area contributed by atoms with E-state index in [9.17, 15) is 15.2 Å². The fraction of sp³-hybridized carbons (Fsp3) is 0.200. The van der Waals surface area contributed by atoms with Gasteiger partial charge in [0.2, 0.25) is 11.8 Å². The number of morpholine rings is 2. The zero-order chi connectivity index (χ0) is 53.5. The van der Waals surface area contributed by atoms with Gasteiger partial charge in [0.1, 0.15) is 42.0 Å². The van der Waals surface area contributed by atoms with Gasteiger partial charge < -0.3 is 29.5 Å². The minimum Gasteiger partial charge on any atom is -0.508 e. The van der Waals surface area contributed by atoms with Crippen molar-refractivity contribution >= 4 is 57.7 Å². The van der Waals surface area contributed by atoms with Gasteiger partial charge in [-0.15, -0.1) is 5.10 Å². The van der Waals surface area contributed by atoms with Crippen LogP contribution in [0.15, 0.2) is 176 Å². The quantitative estimate of drug-likeness (QED) is 0.0569. The summed E-state index contributed by atoms with van der Waals surface area (Å²) in [5.41, 5.74) is 3.27. The number of aromatic nitrogens is 3. The molecule has 18 nitrogen and oxygen atoms in total. The number of para-hydroxylation sites is 1. The van der Waals surface area contributed by atoms with E-state index in [0.29, 0.717) is 65.3 Å². The fourth-order valence-corrected chi connectivity index (χ4v) is 11.6. The van der Waals surface area contributed by atoms with Crippen molar-refractivity contribution in [2.45, 2.75) is 42.8 Å². The third-order valence-corrected chi connectivity index (χ3v) is 15.0. The van der Waals surface area contributed by atoms with E-state index < -0.39 is 64.4 Å². The Bertz CT molecular complexity index is 3670. The molecule has 18 heteroatoms. The van der Waals surface area contributed by atoms with Crippen molar-refractivity contribution in [3.05, 3.63) is 219 Å². The van der Waals surface area contributed by atoms with Crippen molar-refractivity contribution in [2.24, 2.45) is 5.92 Å². The second kappa shape index (κ2) is 20.4. The largest absolute Gasteiger partial charge is 0.508 e. The highest BCUT2D eigenvalue weighted by Gasteiger charge is 2.76. The summed E-state index contributed by atoms with van der Waals surface area (Å²) in [6.07, 6.45) is -2.09. The lowest BCUT2D eigenvalue weighted by Gasteiger charge is -2.46. The molecular weight excluding hydrogens is 993 g/mol. The molecule has 0 saturated carbocycles. The number of imide groups is 1. The number of phenols is 1. The first-order valence-corrected chi connectivity index (χ1v) is 25.3. The number of carbonyl (C=O) groups is 4. The molecule has 8 aromatic rings. The Kier molecular flexibility index (Phi) is 12.9. The van der Waals surface area contributed by atoms with Crippen LogP contribution >= 0.6 is 0 Å². The number of anilines is 3. The Balaban J connectivity index is 1.06. The van der Waals surface area contributed by atoms with Gasteiger partial charge in [0.15, 0.2) is 0 Å². The smallest absolute Gasteiger partial charge is 0.421 e. The van der Waals surface area contributed by atoms with Crippen LogP contribution in [0.4, 0.5) is 27.5 Å². The topological polar surface area (TPSA) is 212 Å². The van der Waals surface area contributed by atoms with Gasteiger partial charge in [0.25, 0.3) is 5.69 Å². The second-order valence-electron chi connectivity index (χ2n) is 19.4. The summed E-state index contributed by atoms with van der Waals surface area (Å²) in [5.74, 6) is 2.31. The van der Waals surface area contributed by atoms with Gasteiger partial charge in [-0.05, 0) is 107 Å². The van der Waals surface area contributed by atoms with Crippen molar-refractivity contribution in [2.75, 3.05) is 41.4 Å². The highest BCUT2D eigenvalue weighted by atomic mass is 16.6. The first-order valence-electron chi connectivity index (χ1n) is 25.3. The average molecular weight is 1040 g/mol. The summed E-state index contributed by atoms with van der Waals surface area (Å²) in [4.78, 5) is 79.3. The highest BCUT2D eigenvalue weighted by Crippen LogP contribution is 2.66. The molecule has 4 aliphatic heterocycles. The number of nitrogens with zero attached hydrogens (tertiary/aromatic N) is 7. The van der Waals surface area contributed by atoms with Crippen molar-refractivity contribution in [1.82, 2.24) is 19.9 Å². The van der Waals surface area contributed by atoms with E-state index in [0.717, 1.165) is 16.1 Å². The molecule has 0 radical (unpaired) electrons. The number of nitro groups is 1. The average Bonchev–Trinajstić information content (AvgIpc) is 4.18. The summed E-state index contributed by atoms with van der Waals surface area (Å²) in [7, 11) is 0. The van der Waals surface area contributed by atoms with Crippen LogP contribution in [-0.2, 0) is 47.2 Å². The number of aromatic hydroxyl groups is 1. The standard InChI is InChI=1S/C60H48N8O10/c69-46-28-20-42(21-29-46)55-60(47-36-38(10-9-31-65-50-16-8-7-15-48(50)62-63-65)19-30-49(47)66(58(60)72)59(73)77-37-39-17-24-45(25-18-39)68(74)75)51(56(70)61-43-22-26-44(27-23-43)64-32-34-76-35-33-64)53-57(71)78-54(41-13-5-2-6-14-41)52(67(53)55)40-11-3-1-4-12-40/h1-8,11-30,36,51-55,69H,31-35,37H2,(H,61,70)/t51-,52-,53-,54+,55+,60-/m0/s1. The molecule has 6 atom stereocenters. The molecule has 3 fully saturated rings. The predicted molar refractivity (Wildman–Crippen MR) is 286 cm³/mol. The summed E-state index contributed by atoms with van der Waals surface area (Å²) in [6, 6.07) is 46.4. The van der Waals surface area contributed by atoms with Crippen molar-refractivity contribution < 1.29 is 43.4 Å². The SMILES string of the molecule is O=C1O[C@H](c2ccccc2)[C@H](c2ccccc2)N2[C@H]1[C@@H](C(=O)Nc1ccc(N3CCOCC3)cc1)[C@]1(C(=O)N(C(=O)OCc3ccc([N+](=O)[O-])cc3)c3ccc(C#CCn4nnc5ccccc54)cc31)[C@H]2c1ccc(O)cc1.